The van der Waals surface area contributed by atoms with Gasteiger partial charge in [-0.15, -0.1) is 0 Å². The number of sulfonamides is 1. The maximum atomic E-state index is 11.8. The molecule has 0 radical (unpaired) electrons. The second-order valence-electron chi connectivity index (χ2n) is 3.90. The van der Waals surface area contributed by atoms with Gasteiger partial charge in [-0.2, -0.15) is 0 Å². The first-order valence-corrected chi connectivity index (χ1v) is 8.06. The summed E-state index contributed by atoms with van der Waals surface area (Å²) in [6.45, 7) is 2.69. The van der Waals surface area contributed by atoms with Crippen LogP contribution in [0.25, 0.3) is 0 Å². The molecule has 1 aliphatic rings. The van der Waals surface area contributed by atoms with Gasteiger partial charge in [-0.25, -0.2) is 8.42 Å². The summed E-state index contributed by atoms with van der Waals surface area (Å²) in [6, 6.07) is 3.42. The van der Waals surface area contributed by atoms with Crippen molar-refractivity contribution < 1.29 is 17.9 Å². The van der Waals surface area contributed by atoms with Gasteiger partial charge in [0.05, 0.1) is 11.4 Å². The lowest BCUT2D eigenvalue weighted by atomic mass is 10.2. The Morgan fingerprint density at radius 2 is 2.06 bits per heavy atom. The third-order valence-corrected chi connectivity index (χ3v) is 4.28. The van der Waals surface area contributed by atoms with E-state index in [-0.39, 0.29) is 5.75 Å². The summed E-state index contributed by atoms with van der Waals surface area (Å²) in [7, 11) is -3.34. The van der Waals surface area contributed by atoms with Gasteiger partial charge in [0.2, 0.25) is 10.0 Å². The van der Waals surface area contributed by atoms with Crippen LogP contribution in [0.1, 0.15) is 13.3 Å². The van der Waals surface area contributed by atoms with Gasteiger partial charge in [0, 0.05) is 4.47 Å². The highest BCUT2D eigenvalue weighted by molar-refractivity contribution is 9.10. The van der Waals surface area contributed by atoms with Crippen molar-refractivity contribution in [3.63, 3.8) is 0 Å². The molecule has 1 heterocycles. The zero-order valence-corrected chi connectivity index (χ0v) is 12.3. The fourth-order valence-corrected chi connectivity index (χ4v) is 3.25. The van der Waals surface area contributed by atoms with Gasteiger partial charge in [-0.3, -0.25) is 4.72 Å². The van der Waals surface area contributed by atoms with Crippen LogP contribution in [0, 0.1) is 0 Å². The standard InChI is InChI=1S/C11H14BrNO4S/c1-2-5-18(14,15)13-9-6-8(12)7-10-11(9)17-4-3-16-10/h6-7,13H,2-5H2,1H3. The zero-order chi connectivity index (χ0) is 13.2. The first-order chi connectivity index (χ1) is 8.52. The van der Waals surface area contributed by atoms with E-state index >= 15 is 0 Å². The molecule has 0 aliphatic carbocycles. The minimum absolute atomic E-state index is 0.0785. The van der Waals surface area contributed by atoms with Gasteiger partial charge in [0.15, 0.2) is 11.5 Å². The van der Waals surface area contributed by atoms with Crippen molar-refractivity contribution in [3.8, 4) is 11.5 Å². The minimum Gasteiger partial charge on any atom is -0.486 e. The Bertz CT molecular complexity index is 544. The molecule has 0 bridgehead atoms. The number of halogens is 1. The number of nitrogens with one attached hydrogen (secondary N) is 1. The van der Waals surface area contributed by atoms with Crippen LogP contribution < -0.4 is 14.2 Å². The Kier molecular flexibility index (Phi) is 4.01. The lowest BCUT2D eigenvalue weighted by Crippen LogP contribution is -2.20. The van der Waals surface area contributed by atoms with Gasteiger partial charge >= 0.3 is 0 Å². The highest BCUT2D eigenvalue weighted by Crippen LogP contribution is 2.40. The summed E-state index contributed by atoms with van der Waals surface area (Å²) in [5, 5.41) is 0. The molecule has 0 saturated carbocycles. The number of hydrogen-bond acceptors (Lipinski definition) is 4. The molecule has 5 nitrogen and oxygen atoms in total. The number of benzene rings is 1. The number of ether oxygens (including phenoxy) is 2. The van der Waals surface area contributed by atoms with Crippen molar-refractivity contribution in [2.24, 2.45) is 0 Å². The summed E-state index contributed by atoms with van der Waals surface area (Å²) >= 11 is 3.32. The lowest BCUT2D eigenvalue weighted by molar-refractivity contribution is 0.172. The van der Waals surface area contributed by atoms with Crippen LogP contribution in [-0.2, 0) is 10.0 Å². The highest BCUT2D eigenvalue weighted by Gasteiger charge is 2.20. The Morgan fingerprint density at radius 1 is 1.33 bits per heavy atom. The molecule has 100 valence electrons. The van der Waals surface area contributed by atoms with Crippen molar-refractivity contribution >= 4 is 31.6 Å². The van der Waals surface area contributed by atoms with E-state index in [1.807, 2.05) is 6.92 Å². The van der Waals surface area contributed by atoms with Crippen molar-refractivity contribution in [3.05, 3.63) is 16.6 Å². The molecule has 1 aliphatic heterocycles. The predicted octanol–water partition coefficient (Wildman–Crippen LogP) is 2.37. The molecule has 0 fully saturated rings. The number of hydrogen-bond donors (Lipinski definition) is 1. The van der Waals surface area contributed by atoms with Crippen LogP contribution in [0.5, 0.6) is 11.5 Å². The average Bonchev–Trinajstić information content (AvgIpc) is 2.28. The summed E-state index contributed by atoms with van der Waals surface area (Å²) < 4.78 is 37.7. The molecule has 1 N–H and O–H groups in total. The van der Waals surface area contributed by atoms with Gasteiger partial charge in [-0.05, 0) is 18.6 Å². The maximum absolute atomic E-state index is 11.8. The molecule has 0 spiro atoms. The third kappa shape index (κ3) is 3.08. The predicted molar refractivity (Wildman–Crippen MR) is 72.8 cm³/mol. The van der Waals surface area contributed by atoms with E-state index in [1.54, 1.807) is 12.1 Å². The highest BCUT2D eigenvalue weighted by atomic mass is 79.9. The Labute approximate surface area is 115 Å². The van der Waals surface area contributed by atoms with Crippen LogP contribution in [0.4, 0.5) is 5.69 Å². The van der Waals surface area contributed by atoms with E-state index in [0.29, 0.717) is 36.8 Å². The number of rotatable bonds is 4. The van der Waals surface area contributed by atoms with Crippen LogP contribution in [0.15, 0.2) is 16.6 Å². The molecular weight excluding hydrogens is 322 g/mol. The molecular formula is C11H14BrNO4S. The van der Waals surface area contributed by atoms with Gasteiger partial charge < -0.3 is 9.47 Å². The molecule has 0 unspecified atom stereocenters. The van der Waals surface area contributed by atoms with Crippen LogP contribution in [0.2, 0.25) is 0 Å². The lowest BCUT2D eigenvalue weighted by Gasteiger charge is -2.21. The first-order valence-electron chi connectivity index (χ1n) is 5.61. The largest absolute Gasteiger partial charge is 0.486 e. The van der Waals surface area contributed by atoms with Gasteiger partial charge in [-0.1, -0.05) is 22.9 Å². The van der Waals surface area contributed by atoms with Gasteiger partial charge in [0.1, 0.15) is 13.2 Å². The van der Waals surface area contributed by atoms with Crippen molar-refractivity contribution in [1.29, 1.82) is 0 Å². The van der Waals surface area contributed by atoms with E-state index in [2.05, 4.69) is 20.7 Å². The van der Waals surface area contributed by atoms with Crippen LogP contribution in [-0.4, -0.2) is 27.4 Å². The molecule has 2 rings (SSSR count). The van der Waals surface area contributed by atoms with E-state index < -0.39 is 10.0 Å². The summed E-state index contributed by atoms with van der Waals surface area (Å²) in [6.07, 6.45) is 0.558. The molecule has 0 atom stereocenters. The van der Waals surface area contributed by atoms with E-state index in [1.165, 1.54) is 0 Å². The van der Waals surface area contributed by atoms with Crippen LogP contribution in [0.3, 0.4) is 0 Å². The first kappa shape index (κ1) is 13.5. The summed E-state index contributed by atoms with van der Waals surface area (Å²) in [4.78, 5) is 0. The molecule has 7 heteroatoms. The van der Waals surface area contributed by atoms with Crippen molar-refractivity contribution in [2.45, 2.75) is 13.3 Å². The second-order valence-corrected chi connectivity index (χ2v) is 6.66. The van der Waals surface area contributed by atoms with E-state index in [0.717, 1.165) is 4.47 Å². The smallest absolute Gasteiger partial charge is 0.232 e. The molecule has 0 aromatic heterocycles. The Morgan fingerprint density at radius 3 is 2.78 bits per heavy atom. The summed E-state index contributed by atoms with van der Waals surface area (Å²) in [5.74, 6) is 1.07. The second kappa shape index (κ2) is 5.36. The molecule has 0 amide bonds. The average molecular weight is 336 g/mol. The Hall–Kier alpha value is -0.950. The van der Waals surface area contributed by atoms with Crippen molar-refractivity contribution in [1.82, 2.24) is 0 Å². The number of fused-ring (bicyclic) bond motifs is 1. The van der Waals surface area contributed by atoms with E-state index in [4.69, 9.17) is 9.47 Å². The zero-order valence-electron chi connectivity index (χ0n) is 9.90. The van der Waals surface area contributed by atoms with Crippen molar-refractivity contribution in [2.75, 3.05) is 23.7 Å². The normalized spacial score (nSPS) is 14.3. The number of anilines is 1. The summed E-state index contributed by atoms with van der Waals surface area (Å²) in [5.41, 5.74) is 0.410. The molecule has 0 saturated heterocycles. The molecule has 1 aromatic rings. The third-order valence-electron chi connectivity index (χ3n) is 2.35. The quantitative estimate of drug-likeness (QED) is 0.917. The molecule has 18 heavy (non-hydrogen) atoms. The fourth-order valence-electron chi connectivity index (χ4n) is 1.68. The van der Waals surface area contributed by atoms with E-state index in [9.17, 15) is 8.42 Å². The SMILES string of the molecule is CCCS(=O)(=O)Nc1cc(Br)cc2c1OCCO2. The monoisotopic (exact) mass is 335 g/mol. The Balaban J connectivity index is 2.35. The maximum Gasteiger partial charge on any atom is 0.232 e. The topological polar surface area (TPSA) is 64.6 Å². The molecule has 1 aromatic carbocycles. The van der Waals surface area contributed by atoms with Gasteiger partial charge in [0.25, 0.3) is 0 Å². The van der Waals surface area contributed by atoms with Crippen LogP contribution >= 0.6 is 15.9 Å². The fraction of sp³-hybridized carbons (Fsp3) is 0.455. The minimum atomic E-state index is -3.34.